The minimum Gasteiger partial charge on any atom is -0.489 e. The van der Waals surface area contributed by atoms with E-state index in [9.17, 15) is 5.11 Å². The fourth-order valence-corrected chi connectivity index (χ4v) is 3.13. The Balaban J connectivity index is 1.84. The third-order valence-corrected chi connectivity index (χ3v) is 4.90. The molecule has 4 nitrogen and oxygen atoms in total. The number of likely N-dealkylation sites (tertiary alicyclic amines) is 1. The summed E-state index contributed by atoms with van der Waals surface area (Å²) in [7, 11) is 1.85. The van der Waals surface area contributed by atoms with Crippen molar-refractivity contribution in [1.29, 1.82) is 0 Å². The molecule has 1 aliphatic heterocycles. The van der Waals surface area contributed by atoms with Crippen LogP contribution in [0.25, 0.3) is 0 Å². The van der Waals surface area contributed by atoms with Gasteiger partial charge in [0.05, 0.1) is 11.1 Å². The molecule has 0 saturated carbocycles. The van der Waals surface area contributed by atoms with E-state index in [-0.39, 0.29) is 12.2 Å². The second kappa shape index (κ2) is 8.37. The lowest BCUT2D eigenvalue weighted by molar-refractivity contribution is 0.0619. The fraction of sp³-hybridized carbons (Fsp3) is 0.625. The molecule has 0 aromatic heterocycles. The Hall–Kier alpha value is -0.520. The quantitative estimate of drug-likeness (QED) is 0.831. The molecule has 0 spiro atoms. The van der Waals surface area contributed by atoms with E-state index in [2.05, 4.69) is 10.2 Å². The number of β-amino-alcohol motifs (C(OH)–C–C–N with tert-alkyl or cyclic N) is 1. The first-order valence-electron chi connectivity index (χ1n) is 7.67. The molecular weight excluding hydrogens is 323 g/mol. The van der Waals surface area contributed by atoms with Crippen LogP contribution >= 0.6 is 23.2 Å². The zero-order valence-corrected chi connectivity index (χ0v) is 14.6. The Kier molecular flexibility index (Phi) is 6.78. The first-order chi connectivity index (χ1) is 10.5. The Labute approximate surface area is 142 Å². The van der Waals surface area contributed by atoms with E-state index >= 15 is 0 Å². The predicted octanol–water partition coefficient (Wildman–Crippen LogP) is 2.73. The molecule has 2 N–H and O–H groups in total. The van der Waals surface area contributed by atoms with Gasteiger partial charge in [-0.15, -0.1) is 0 Å². The van der Waals surface area contributed by atoms with Crippen LogP contribution in [0, 0.1) is 6.92 Å². The molecule has 0 amide bonds. The molecular formula is C16H24Cl2N2O2. The largest absolute Gasteiger partial charge is 0.489 e. The monoisotopic (exact) mass is 346 g/mol. The standard InChI is InChI=1S/C16H24Cl2N2O2/c1-11-14(17)3-4-15(16(11)18)22-13-5-7-20(8-6-13)10-12(21)9-19-2/h3-4,12-13,19,21H,5-10H2,1-2H3/t12-/m1/s1. The van der Waals surface area contributed by atoms with Gasteiger partial charge in [-0.05, 0) is 44.5 Å². The number of hydrogen-bond acceptors (Lipinski definition) is 4. The van der Waals surface area contributed by atoms with Gasteiger partial charge >= 0.3 is 0 Å². The van der Waals surface area contributed by atoms with E-state index in [1.54, 1.807) is 0 Å². The zero-order chi connectivity index (χ0) is 16.1. The minimum absolute atomic E-state index is 0.163. The van der Waals surface area contributed by atoms with E-state index in [0.29, 0.717) is 28.9 Å². The van der Waals surface area contributed by atoms with Crippen LogP contribution in [-0.4, -0.2) is 55.4 Å². The maximum Gasteiger partial charge on any atom is 0.138 e. The average molecular weight is 347 g/mol. The van der Waals surface area contributed by atoms with Crippen molar-refractivity contribution >= 4 is 23.2 Å². The summed E-state index contributed by atoms with van der Waals surface area (Å²) >= 11 is 12.3. The first-order valence-corrected chi connectivity index (χ1v) is 8.43. The van der Waals surface area contributed by atoms with Gasteiger partial charge < -0.3 is 20.1 Å². The number of nitrogens with zero attached hydrogens (tertiary/aromatic N) is 1. The van der Waals surface area contributed by atoms with Gasteiger partial charge in [0.2, 0.25) is 0 Å². The molecule has 1 fully saturated rings. The Morgan fingerprint density at radius 3 is 2.68 bits per heavy atom. The van der Waals surface area contributed by atoms with E-state index in [1.165, 1.54) is 0 Å². The second-order valence-corrected chi connectivity index (χ2v) is 6.60. The van der Waals surface area contributed by atoms with Gasteiger partial charge in [-0.2, -0.15) is 0 Å². The van der Waals surface area contributed by atoms with Crippen molar-refractivity contribution in [2.45, 2.75) is 32.0 Å². The zero-order valence-electron chi connectivity index (χ0n) is 13.1. The summed E-state index contributed by atoms with van der Waals surface area (Å²) in [5.74, 6) is 0.706. The summed E-state index contributed by atoms with van der Waals surface area (Å²) in [4.78, 5) is 2.27. The lowest BCUT2D eigenvalue weighted by atomic mass is 10.1. The maximum atomic E-state index is 9.83. The number of nitrogens with one attached hydrogen (secondary N) is 1. The molecule has 6 heteroatoms. The molecule has 1 aliphatic rings. The van der Waals surface area contributed by atoms with Gasteiger partial charge in [0, 0.05) is 31.2 Å². The van der Waals surface area contributed by atoms with Crippen molar-refractivity contribution in [2.24, 2.45) is 0 Å². The van der Waals surface area contributed by atoms with E-state index in [0.717, 1.165) is 31.5 Å². The number of aliphatic hydroxyl groups is 1. The fourth-order valence-electron chi connectivity index (χ4n) is 2.72. The highest BCUT2D eigenvalue weighted by atomic mass is 35.5. The number of likely N-dealkylation sites (N-methyl/N-ethyl adjacent to an activating group) is 1. The van der Waals surface area contributed by atoms with E-state index in [1.807, 2.05) is 26.1 Å². The summed E-state index contributed by atoms with van der Waals surface area (Å²) in [5, 5.41) is 14.1. The molecule has 1 aromatic carbocycles. The number of aliphatic hydroxyl groups excluding tert-OH is 1. The predicted molar refractivity (Wildman–Crippen MR) is 91.2 cm³/mol. The maximum absolute atomic E-state index is 9.83. The van der Waals surface area contributed by atoms with Crippen molar-refractivity contribution in [1.82, 2.24) is 10.2 Å². The van der Waals surface area contributed by atoms with Crippen molar-refractivity contribution < 1.29 is 9.84 Å². The third-order valence-electron chi connectivity index (χ3n) is 4.02. The van der Waals surface area contributed by atoms with Crippen molar-refractivity contribution in [3.8, 4) is 5.75 Å². The molecule has 0 aliphatic carbocycles. The van der Waals surface area contributed by atoms with Crippen molar-refractivity contribution in [3.63, 3.8) is 0 Å². The molecule has 1 heterocycles. The van der Waals surface area contributed by atoms with Crippen molar-refractivity contribution in [2.75, 3.05) is 33.2 Å². The SMILES string of the molecule is CNC[C@@H](O)CN1CCC(Oc2ccc(Cl)c(C)c2Cl)CC1. The summed E-state index contributed by atoms with van der Waals surface area (Å²) in [5.41, 5.74) is 0.855. The third kappa shape index (κ3) is 4.74. The van der Waals surface area contributed by atoms with E-state index < -0.39 is 0 Å². The van der Waals surface area contributed by atoms with Gasteiger partial charge in [0.25, 0.3) is 0 Å². The molecule has 124 valence electrons. The van der Waals surface area contributed by atoms with Gasteiger partial charge in [-0.3, -0.25) is 0 Å². The van der Waals surface area contributed by atoms with Gasteiger partial charge in [0.1, 0.15) is 11.9 Å². The Bertz CT molecular complexity index is 491. The first kappa shape index (κ1) is 17.8. The lowest BCUT2D eigenvalue weighted by Crippen LogP contribution is -2.43. The van der Waals surface area contributed by atoms with Crippen LogP contribution in [0.1, 0.15) is 18.4 Å². The summed E-state index contributed by atoms with van der Waals surface area (Å²) in [6, 6.07) is 3.65. The highest BCUT2D eigenvalue weighted by Crippen LogP contribution is 2.34. The van der Waals surface area contributed by atoms with Crippen LogP contribution in [-0.2, 0) is 0 Å². The van der Waals surface area contributed by atoms with Crippen LogP contribution in [0.2, 0.25) is 10.0 Å². The minimum atomic E-state index is -0.323. The number of ether oxygens (including phenoxy) is 1. The summed E-state index contributed by atoms with van der Waals surface area (Å²) < 4.78 is 6.03. The smallest absolute Gasteiger partial charge is 0.138 e. The normalized spacial score (nSPS) is 18.4. The molecule has 0 unspecified atom stereocenters. The highest BCUT2D eigenvalue weighted by Gasteiger charge is 2.23. The van der Waals surface area contributed by atoms with Crippen LogP contribution in [0.15, 0.2) is 12.1 Å². The van der Waals surface area contributed by atoms with Gasteiger partial charge in [0.15, 0.2) is 0 Å². The van der Waals surface area contributed by atoms with Gasteiger partial charge in [-0.1, -0.05) is 23.2 Å². The highest BCUT2D eigenvalue weighted by molar-refractivity contribution is 6.36. The number of benzene rings is 1. The number of piperidine rings is 1. The number of halogens is 2. The molecule has 0 radical (unpaired) electrons. The van der Waals surface area contributed by atoms with Crippen LogP contribution in [0.5, 0.6) is 5.75 Å². The molecule has 1 atom stereocenters. The van der Waals surface area contributed by atoms with E-state index in [4.69, 9.17) is 27.9 Å². The van der Waals surface area contributed by atoms with Crippen LogP contribution in [0.3, 0.4) is 0 Å². The van der Waals surface area contributed by atoms with Crippen LogP contribution in [0.4, 0.5) is 0 Å². The molecule has 0 bridgehead atoms. The molecule has 22 heavy (non-hydrogen) atoms. The molecule has 1 saturated heterocycles. The summed E-state index contributed by atoms with van der Waals surface area (Å²) in [6.07, 6.45) is 1.71. The Morgan fingerprint density at radius 2 is 2.05 bits per heavy atom. The summed E-state index contributed by atoms with van der Waals surface area (Å²) in [6.45, 7) is 5.07. The van der Waals surface area contributed by atoms with Crippen molar-refractivity contribution in [3.05, 3.63) is 27.7 Å². The second-order valence-electron chi connectivity index (χ2n) is 5.81. The number of hydrogen-bond donors (Lipinski definition) is 2. The average Bonchev–Trinajstić information content (AvgIpc) is 2.50. The molecule has 1 aromatic rings. The lowest BCUT2D eigenvalue weighted by Gasteiger charge is -2.33. The van der Waals surface area contributed by atoms with Crippen LogP contribution < -0.4 is 10.1 Å². The molecule has 2 rings (SSSR count). The Morgan fingerprint density at radius 1 is 1.36 bits per heavy atom. The topological polar surface area (TPSA) is 44.7 Å². The number of rotatable bonds is 6. The van der Waals surface area contributed by atoms with Gasteiger partial charge in [-0.25, -0.2) is 0 Å².